The second-order valence-corrected chi connectivity index (χ2v) is 4.33. The molecule has 7 heteroatoms. The van der Waals surface area contributed by atoms with E-state index in [1.165, 1.54) is 0 Å². The quantitative estimate of drug-likeness (QED) is 0.849. The van der Waals surface area contributed by atoms with Crippen LogP contribution in [0.25, 0.3) is 5.82 Å². The lowest BCUT2D eigenvalue weighted by molar-refractivity contribution is 0.0995. The number of anilines is 1. The van der Waals surface area contributed by atoms with Gasteiger partial charge in [-0.05, 0) is 19.9 Å². The number of primary amides is 1. The van der Waals surface area contributed by atoms with E-state index in [-0.39, 0.29) is 5.69 Å². The van der Waals surface area contributed by atoms with Crippen molar-refractivity contribution in [2.24, 2.45) is 5.73 Å². The van der Waals surface area contributed by atoms with Gasteiger partial charge in [0.05, 0.1) is 0 Å². The van der Waals surface area contributed by atoms with E-state index in [4.69, 9.17) is 5.73 Å². The zero-order chi connectivity index (χ0) is 14.7. The molecule has 20 heavy (non-hydrogen) atoms. The van der Waals surface area contributed by atoms with E-state index in [0.29, 0.717) is 5.82 Å². The van der Waals surface area contributed by atoms with Crippen molar-refractivity contribution in [3.05, 3.63) is 29.3 Å². The number of hydrogen-bond donors (Lipinski definition) is 2. The molecule has 0 aliphatic heterocycles. The van der Waals surface area contributed by atoms with Gasteiger partial charge in [-0.1, -0.05) is 6.92 Å². The number of amides is 1. The lowest BCUT2D eigenvalue weighted by Gasteiger charge is -2.12. The number of hydrogen-bond acceptors (Lipinski definition) is 5. The summed E-state index contributed by atoms with van der Waals surface area (Å²) in [6.45, 7) is 6.68. The largest absolute Gasteiger partial charge is 0.370 e. The van der Waals surface area contributed by atoms with Crippen molar-refractivity contribution >= 4 is 11.7 Å². The Morgan fingerprint density at radius 3 is 2.70 bits per heavy atom. The van der Waals surface area contributed by atoms with Crippen LogP contribution in [0.2, 0.25) is 0 Å². The Kier molecular flexibility index (Phi) is 3.97. The molecule has 0 aliphatic rings. The van der Waals surface area contributed by atoms with Crippen molar-refractivity contribution in [2.75, 3.05) is 11.9 Å². The van der Waals surface area contributed by atoms with Gasteiger partial charge in [0.25, 0.3) is 5.91 Å². The zero-order valence-electron chi connectivity index (χ0n) is 11.8. The Bertz CT molecular complexity index is 634. The molecule has 1 amide bonds. The number of nitrogens with one attached hydrogen (secondary N) is 1. The average molecular weight is 274 g/mol. The second-order valence-electron chi connectivity index (χ2n) is 4.33. The number of aryl methyl sites for hydroxylation is 1. The molecule has 0 aromatic carbocycles. The maximum atomic E-state index is 11.1. The fourth-order valence-corrected chi connectivity index (χ4v) is 1.84. The first kappa shape index (κ1) is 14.0. The number of nitrogens with two attached hydrogens (primary N) is 1. The molecule has 2 aromatic heterocycles. The Morgan fingerprint density at radius 1 is 1.40 bits per heavy atom. The van der Waals surface area contributed by atoms with Crippen LogP contribution in [-0.2, 0) is 6.42 Å². The highest BCUT2D eigenvalue weighted by molar-refractivity contribution is 5.90. The third kappa shape index (κ3) is 2.61. The Labute approximate surface area is 117 Å². The van der Waals surface area contributed by atoms with Crippen LogP contribution in [-0.4, -0.2) is 32.2 Å². The van der Waals surface area contributed by atoms with Gasteiger partial charge < -0.3 is 11.1 Å². The average Bonchev–Trinajstić information content (AvgIpc) is 2.91. The monoisotopic (exact) mass is 274 g/mol. The Hall–Kier alpha value is -2.44. The fourth-order valence-electron chi connectivity index (χ4n) is 1.84. The van der Waals surface area contributed by atoms with Gasteiger partial charge >= 0.3 is 0 Å². The molecule has 0 unspecified atom stereocenters. The van der Waals surface area contributed by atoms with Crippen molar-refractivity contribution in [3.63, 3.8) is 0 Å². The number of rotatable bonds is 5. The molecule has 0 radical (unpaired) electrons. The van der Waals surface area contributed by atoms with E-state index in [0.717, 1.165) is 30.2 Å². The minimum atomic E-state index is -0.557. The van der Waals surface area contributed by atoms with E-state index in [1.54, 1.807) is 16.9 Å². The molecule has 0 spiro atoms. The minimum Gasteiger partial charge on any atom is -0.370 e. The van der Waals surface area contributed by atoms with Crippen LogP contribution in [0.4, 0.5) is 5.82 Å². The zero-order valence-corrected chi connectivity index (χ0v) is 11.8. The van der Waals surface area contributed by atoms with E-state index in [9.17, 15) is 4.79 Å². The Morgan fingerprint density at radius 2 is 2.15 bits per heavy atom. The number of nitrogens with zero attached hydrogens (tertiary/aromatic N) is 4. The van der Waals surface area contributed by atoms with E-state index < -0.39 is 5.91 Å². The number of carbonyl (C=O) groups excluding carboxylic acids is 1. The summed E-state index contributed by atoms with van der Waals surface area (Å²) in [7, 11) is 0. The summed E-state index contributed by atoms with van der Waals surface area (Å²) in [5.74, 6) is 1.60. The predicted octanol–water partition coefficient (Wildman–Crippen LogP) is 1.06. The van der Waals surface area contributed by atoms with Crippen LogP contribution < -0.4 is 11.1 Å². The standard InChI is InChI=1S/C13H18N6O/c1-4-10-16-12(15-5-2)8(3)13(17-10)19-7-6-9(18-19)11(14)20/h6-7H,4-5H2,1-3H3,(H2,14,20)(H,15,16,17). The summed E-state index contributed by atoms with van der Waals surface area (Å²) in [4.78, 5) is 20.1. The molecule has 2 aromatic rings. The van der Waals surface area contributed by atoms with Crippen LogP contribution in [0.1, 0.15) is 35.7 Å². The van der Waals surface area contributed by atoms with Crippen molar-refractivity contribution in [1.29, 1.82) is 0 Å². The maximum absolute atomic E-state index is 11.1. The van der Waals surface area contributed by atoms with Gasteiger partial charge in [0, 0.05) is 24.7 Å². The van der Waals surface area contributed by atoms with E-state index in [1.807, 2.05) is 20.8 Å². The lowest BCUT2D eigenvalue weighted by Crippen LogP contribution is -2.14. The summed E-state index contributed by atoms with van der Waals surface area (Å²) < 4.78 is 1.55. The summed E-state index contributed by atoms with van der Waals surface area (Å²) in [5.41, 5.74) is 6.31. The smallest absolute Gasteiger partial charge is 0.269 e. The third-order valence-electron chi connectivity index (χ3n) is 2.89. The van der Waals surface area contributed by atoms with Crippen LogP contribution in [0, 0.1) is 6.92 Å². The summed E-state index contributed by atoms with van der Waals surface area (Å²) in [5, 5.41) is 7.35. The highest BCUT2D eigenvalue weighted by Gasteiger charge is 2.13. The number of aromatic nitrogens is 4. The van der Waals surface area contributed by atoms with Gasteiger partial charge in [-0.3, -0.25) is 4.79 Å². The Balaban J connectivity index is 2.53. The molecule has 2 rings (SSSR count). The minimum absolute atomic E-state index is 0.214. The molecule has 2 heterocycles. The van der Waals surface area contributed by atoms with Crippen molar-refractivity contribution in [2.45, 2.75) is 27.2 Å². The molecule has 0 bridgehead atoms. The topological polar surface area (TPSA) is 98.7 Å². The predicted molar refractivity (Wildman–Crippen MR) is 76.0 cm³/mol. The summed E-state index contributed by atoms with van der Waals surface area (Å²) in [6.07, 6.45) is 2.39. The fraction of sp³-hybridized carbons (Fsp3) is 0.385. The van der Waals surface area contributed by atoms with Gasteiger partial charge in [-0.25, -0.2) is 14.6 Å². The highest BCUT2D eigenvalue weighted by atomic mass is 16.1. The van der Waals surface area contributed by atoms with Crippen molar-refractivity contribution in [1.82, 2.24) is 19.7 Å². The molecular formula is C13H18N6O. The summed E-state index contributed by atoms with van der Waals surface area (Å²) >= 11 is 0. The van der Waals surface area contributed by atoms with Crippen LogP contribution >= 0.6 is 0 Å². The van der Waals surface area contributed by atoms with Gasteiger partial charge in [0.15, 0.2) is 5.82 Å². The molecule has 0 saturated heterocycles. The molecule has 3 N–H and O–H groups in total. The second kappa shape index (κ2) is 5.68. The molecular weight excluding hydrogens is 256 g/mol. The summed E-state index contributed by atoms with van der Waals surface area (Å²) in [6, 6.07) is 1.57. The van der Waals surface area contributed by atoms with E-state index >= 15 is 0 Å². The van der Waals surface area contributed by atoms with Gasteiger partial charge in [-0.2, -0.15) is 5.10 Å². The van der Waals surface area contributed by atoms with Gasteiger partial charge in [0.2, 0.25) is 0 Å². The van der Waals surface area contributed by atoms with Gasteiger partial charge in [-0.15, -0.1) is 0 Å². The lowest BCUT2D eigenvalue weighted by atomic mass is 10.3. The molecule has 106 valence electrons. The molecule has 0 saturated carbocycles. The van der Waals surface area contributed by atoms with Crippen molar-refractivity contribution in [3.8, 4) is 5.82 Å². The van der Waals surface area contributed by atoms with Crippen molar-refractivity contribution < 1.29 is 4.79 Å². The molecule has 0 fully saturated rings. The van der Waals surface area contributed by atoms with Gasteiger partial charge in [0.1, 0.15) is 17.3 Å². The first-order chi connectivity index (χ1) is 9.56. The van der Waals surface area contributed by atoms with Crippen LogP contribution in [0.15, 0.2) is 12.3 Å². The third-order valence-corrected chi connectivity index (χ3v) is 2.89. The highest BCUT2D eigenvalue weighted by Crippen LogP contribution is 2.19. The van der Waals surface area contributed by atoms with E-state index in [2.05, 4.69) is 20.4 Å². The first-order valence-corrected chi connectivity index (χ1v) is 6.54. The van der Waals surface area contributed by atoms with Crippen LogP contribution in [0.5, 0.6) is 0 Å². The molecule has 7 nitrogen and oxygen atoms in total. The molecule has 0 aliphatic carbocycles. The number of carbonyl (C=O) groups is 1. The molecule has 0 atom stereocenters. The maximum Gasteiger partial charge on any atom is 0.269 e. The first-order valence-electron chi connectivity index (χ1n) is 6.54. The SMILES string of the molecule is CCNc1nc(CC)nc(-n2ccc(C(N)=O)n2)c1C. The normalized spacial score (nSPS) is 10.6. The van der Waals surface area contributed by atoms with Crippen LogP contribution in [0.3, 0.4) is 0 Å².